The number of rotatable bonds is 2. The van der Waals surface area contributed by atoms with Gasteiger partial charge in [0.2, 0.25) is 0 Å². The molecule has 1 fully saturated rings. The highest BCUT2D eigenvalue weighted by Crippen LogP contribution is 2.29. The summed E-state index contributed by atoms with van der Waals surface area (Å²) < 4.78 is 0. The van der Waals surface area contributed by atoms with Gasteiger partial charge in [0.15, 0.2) is 0 Å². The zero-order valence-corrected chi connectivity index (χ0v) is 10.2. The van der Waals surface area contributed by atoms with E-state index < -0.39 is 12.0 Å². The number of carboxylic acids is 1. The van der Waals surface area contributed by atoms with Crippen molar-refractivity contribution >= 4 is 11.8 Å². The summed E-state index contributed by atoms with van der Waals surface area (Å²) in [6.07, 6.45) is 3.41. The molecule has 0 saturated carbocycles. The normalized spacial score (nSPS) is 23.4. The van der Waals surface area contributed by atoms with Crippen molar-refractivity contribution in [3.63, 3.8) is 0 Å². The molecule has 1 aromatic heterocycles. The topological polar surface area (TPSA) is 77.2 Å². The predicted octanol–water partition coefficient (Wildman–Crippen LogP) is 1.64. The van der Waals surface area contributed by atoms with Crippen LogP contribution in [0.2, 0.25) is 0 Å². The van der Waals surface area contributed by atoms with Crippen molar-refractivity contribution in [2.24, 2.45) is 5.92 Å². The highest BCUT2D eigenvalue weighted by Gasteiger charge is 2.35. The van der Waals surface area contributed by atoms with Crippen LogP contribution in [-0.4, -0.2) is 28.6 Å². The van der Waals surface area contributed by atoms with Crippen LogP contribution in [0.4, 0.5) is 5.82 Å². The first kappa shape index (κ1) is 12.4. The number of carbonyl (C=O) groups is 1. The van der Waals surface area contributed by atoms with Crippen molar-refractivity contribution in [1.82, 2.24) is 4.98 Å². The Hall–Kier alpha value is -2.09. The molecule has 1 aliphatic heterocycles. The molecule has 0 spiro atoms. The van der Waals surface area contributed by atoms with Crippen LogP contribution in [0, 0.1) is 17.2 Å². The fourth-order valence-corrected chi connectivity index (χ4v) is 2.52. The van der Waals surface area contributed by atoms with Crippen molar-refractivity contribution in [1.29, 1.82) is 5.26 Å². The molecule has 0 amide bonds. The van der Waals surface area contributed by atoms with E-state index in [0.29, 0.717) is 17.9 Å². The summed E-state index contributed by atoms with van der Waals surface area (Å²) in [7, 11) is 0. The minimum Gasteiger partial charge on any atom is -0.480 e. The number of piperidine rings is 1. The van der Waals surface area contributed by atoms with Gasteiger partial charge in [-0.1, -0.05) is 6.92 Å². The first-order chi connectivity index (χ1) is 8.65. The van der Waals surface area contributed by atoms with E-state index in [1.165, 1.54) is 0 Å². The lowest BCUT2D eigenvalue weighted by Crippen LogP contribution is -2.50. The minimum atomic E-state index is -0.850. The first-order valence-corrected chi connectivity index (χ1v) is 5.99. The molecule has 2 atom stereocenters. The summed E-state index contributed by atoms with van der Waals surface area (Å²) in [5.74, 6) is -0.305. The monoisotopic (exact) mass is 245 g/mol. The van der Waals surface area contributed by atoms with E-state index in [0.717, 1.165) is 12.8 Å². The van der Waals surface area contributed by atoms with Gasteiger partial charge >= 0.3 is 5.97 Å². The van der Waals surface area contributed by atoms with Gasteiger partial charge in [0.1, 0.15) is 17.9 Å². The summed E-state index contributed by atoms with van der Waals surface area (Å²) in [5, 5.41) is 18.4. The van der Waals surface area contributed by atoms with E-state index in [9.17, 15) is 9.90 Å². The third-order valence-electron chi connectivity index (χ3n) is 3.37. The number of hydrogen-bond acceptors (Lipinski definition) is 4. The fourth-order valence-electron chi connectivity index (χ4n) is 2.52. The molecular formula is C13H15N3O2. The highest BCUT2D eigenvalue weighted by atomic mass is 16.4. The summed E-state index contributed by atoms with van der Waals surface area (Å²) in [6, 6.07) is 4.83. The third-order valence-corrected chi connectivity index (χ3v) is 3.37. The Bertz CT molecular complexity index is 495. The average molecular weight is 245 g/mol. The van der Waals surface area contributed by atoms with Crippen molar-refractivity contribution < 1.29 is 9.90 Å². The molecule has 0 aliphatic carbocycles. The fraction of sp³-hybridized carbons (Fsp3) is 0.462. The van der Waals surface area contributed by atoms with Gasteiger partial charge in [0.05, 0.1) is 5.56 Å². The van der Waals surface area contributed by atoms with Crippen LogP contribution in [0.3, 0.4) is 0 Å². The Balaban J connectivity index is 2.41. The lowest BCUT2D eigenvalue weighted by Gasteiger charge is -2.38. The molecule has 1 aliphatic rings. The molecule has 18 heavy (non-hydrogen) atoms. The lowest BCUT2D eigenvalue weighted by atomic mass is 9.90. The molecule has 2 rings (SSSR count). The average Bonchev–Trinajstić information content (AvgIpc) is 2.38. The number of carboxylic acid groups (broad SMARTS) is 1. The zero-order chi connectivity index (χ0) is 13.1. The van der Waals surface area contributed by atoms with Crippen LogP contribution >= 0.6 is 0 Å². The summed E-state index contributed by atoms with van der Waals surface area (Å²) in [5.41, 5.74) is 0.429. The molecule has 5 heteroatoms. The second-order valence-electron chi connectivity index (χ2n) is 4.58. The van der Waals surface area contributed by atoms with Gasteiger partial charge in [0, 0.05) is 12.7 Å². The molecule has 1 aromatic rings. The molecular weight excluding hydrogens is 230 g/mol. The van der Waals surface area contributed by atoms with Crippen molar-refractivity contribution in [3.8, 4) is 6.07 Å². The molecule has 2 heterocycles. The van der Waals surface area contributed by atoms with Gasteiger partial charge in [-0.3, -0.25) is 0 Å². The van der Waals surface area contributed by atoms with Crippen LogP contribution in [0.25, 0.3) is 0 Å². The number of aromatic nitrogens is 1. The Morgan fingerprint density at radius 2 is 2.44 bits per heavy atom. The molecule has 5 nitrogen and oxygen atoms in total. The lowest BCUT2D eigenvalue weighted by molar-refractivity contribution is -0.140. The Labute approximate surface area is 106 Å². The van der Waals surface area contributed by atoms with Gasteiger partial charge in [-0.25, -0.2) is 9.78 Å². The van der Waals surface area contributed by atoms with Crippen molar-refractivity contribution in [2.45, 2.75) is 25.8 Å². The molecule has 0 aromatic carbocycles. The van der Waals surface area contributed by atoms with Gasteiger partial charge in [-0.05, 0) is 30.9 Å². The second-order valence-corrected chi connectivity index (χ2v) is 4.58. The van der Waals surface area contributed by atoms with Gasteiger partial charge in [0.25, 0.3) is 0 Å². The summed E-state index contributed by atoms with van der Waals surface area (Å²) >= 11 is 0. The van der Waals surface area contributed by atoms with E-state index in [-0.39, 0.29) is 5.92 Å². The quantitative estimate of drug-likeness (QED) is 0.857. The van der Waals surface area contributed by atoms with Crippen LogP contribution in [0.1, 0.15) is 25.3 Å². The van der Waals surface area contributed by atoms with Crippen molar-refractivity contribution in [2.75, 3.05) is 11.4 Å². The number of anilines is 1. The molecule has 0 bridgehead atoms. The van der Waals surface area contributed by atoms with Crippen LogP contribution in [0.15, 0.2) is 18.3 Å². The van der Waals surface area contributed by atoms with Crippen LogP contribution in [0.5, 0.6) is 0 Å². The minimum absolute atomic E-state index is 0.0600. The van der Waals surface area contributed by atoms with Crippen molar-refractivity contribution in [3.05, 3.63) is 23.9 Å². The largest absolute Gasteiger partial charge is 0.480 e. The van der Waals surface area contributed by atoms with Crippen LogP contribution < -0.4 is 4.90 Å². The standard InChI is InChI=1S/C13H15N3O2/c1-9-4-3-7-16(11(9)13(17)18)12-10(8-14)5-2-6-15-12/h2,5-6,9,11H,3-4,7H2,1H3,(H,17,18). The molecule has 94 valence electrons. The maximum atomic E-state index is 11.4. The van der Waals surface area contributed by atoms with Crippen LogP contribution in [-0.2, 0) is 4.79 Å². The maximum absolute atomic E-state index is 11.4. The number of nitriles is 1. The molecule has 0 radical (unpaired) electrons. The SMILES string of the molecule is CC1CCCN(c2ncccc2C#N)C1C(=O)O. The summed E-state index contributed by atoms with van der Waals surface area (Å²) in [4.78, 5) is 17.3. The molecule has 1 saturated heterocycles. The van der Waals surface area contributed by atoms with E-state index in [1.54, 1.807) is 23.2 Å². The van der Waals surface area contributed by atoms with Gasteiger partial charge in [-0.15, -0.1) is 0 Å². The van der Waals surface area contributed by atoms with Gasteiger partial charge < -0.3 is 10.0 Å². The predicted molar refractivity (Wildman–Crippen MR) is 66.1 cm³/mol. The Morgan fingerprint density at radius 3 is 3.11 bits per heavy atom. The maximum Gasteiger partial charge on any atom is 0.326 e. The third kappa shape index (κ3) is 2.14. The summed E-state index contributed by atoms with van der Waals surface area (Å²) in [6.45, 7) is 2.56. The second kappa shape index (κ2) is 5.05. The number of nitrogens with zero attached hydrogens (tertiary/aromatic N) is 3. The van der Waals surface area contributed by atoms with E-state index >= 15 is 0 Å². The van der Waals surface area contributed by atoms with Gasteiger partial charge in [-0.2, -0.15) is 5.26 Å². The highest BCUT2D eigenvalue weighted by molar-refractivity contribution is 5.79. The number of hydrogen-bond donors (Lipinski definition) is 1. The Kier molecular flexibility index (Phi) is 3.47. The van der Waals surface area contributed by atoms with E-state index in [2.05, 4.69) is 11.1 Å². The Morgan fingerprint density at radius 1 is 1.67 bits per heavy atom. The van der Waals surface area contributed by atoms with E-state index in [4.69, 9.17) is 5.26 Å². The number of pyridine rings is 1. The smallest absolute Gasteiger partial charge is 0.326 e. The van der Waals surface area contributed by atoms with E-state index in [1.807, 2.05) is 6.92 Å². The first-order valence-electron chi connectivity index (χ1n) is 5.99. The zero-order valence-electron chi connectivity index (χ0n) is 10.2. The molecule has 1 N–H and O–H groups in total. The molecule has 2 unspecified atom stereocenters. The number of aliphatic carboxylic acids is 1.